The van der Waals surface area contributed by atoms with Crippen molar-refractivity contribution in [1.82, 2.24) is 15.1 Å². The smallest absolute Gasteiger partial charge is 0.328 e. The number of hydrogen-bond donors (Lipinski definition) is 3. The van der Waals surface area contributed by atoms with Crippen LogP contribution in [0.4, 0.5) is 0 Å². The van der Waals surface area contributed by atoms with Crippen LogP contribution in [0, 0.1) is 0 Å². The number of rotatable bonds is 8. The highest BCUT2D eigenvalue weighted by Crippen LogP contribution is 2.09. The number of carbonyl (C=O) groups is 6. The molecular weight excluding hydrogens is 338 g/mol. The van der Waals surface area contributed by atoms with E-state index in [0.29, 0.717) is 9.80 Å². The molecule has 0 aromatic carbocycles. The van der Waals surface area contributed by atoms with Crippen LogP contribution in [-0.2, 0) is 28.8 Å². The van der Waals surface area contributed by atoms with Gasteiger partial charge >= 0.3 is 11.9 Å². The van der Waals surface area contributed by atoms with Crippen molar-refractivity contribution in [2.45, 2.75) is 25.9 Å². The summed E-state index contributed by atoms with van der Waals surface area (Å²) in [5.41, 5.74) is 0. The van der Waals surface area contributed by atoms with Crippen LogP contribution in [0.1, 0.15) is 13.8 Å². The van der Waals surface area contributed by atoms with Crippen LogP contribution in [0.3, 0.4) is 0 Å². The lowest BCUT2D eigenvalue weighted by atomic mass is 10.2. The van der Waals surface area contributed by atoms with Crippen molar-refractivity contribution >= 4 is 35.6 Å². The standard InChI is InChI=1S/C14H17N3O8/c1-7(18)16(8(2)19)9(13(22)23)5-15-6-10(14(24)25)17-11(20)3-4-12(17)21/h3-4,9-10,15H,5-6H2,1-2H3,(H,22,23)(H,24,25). The Morgan fingerprint density at radius 3 is 1.84 bits per heavy atom. The summed E-state index contributed by atoms with van der Waals surface area (Å²) in [6.45, 7) is 1.12. The topological polar surface area (TPSA) is 161 Å². The summed E-state index contributed by atoms with van der Waals surface area (Å²) < 4.78 is 0. The molecule has 0 bridgehead atoms. The van der Waals surface area contributed by atoms with E-state index in [2.05, 4.69) is 5.32 Å². The van der Waals surface area contributed by atoms with E-state index in [1.807, 2.05) is 0 Å². The van der Waals surface area contributed by atoms with Gasteiger partial charge in [-0.1, -0.05) is 0 Å². The fourth-order valence-electron chi connectivity index (χ4n) is 2.31. The molecule has 0 saturated heterocycles. The molecule has 1 rings (SSSR count). The number of nitrogens with one attached hydrogen (secondary N) is 1. The van der Waals surface area contributed by atoms with Crippen molar-refractivity contribution in [2.24, 2.45) is 0 Å². The molecule has 0 aromatic heterocycles. The summed E-state index contributed by atoms with van der Waals surface area (Å²) >= 11 is 0. The Morgan fingerprint density at radius 2 is 1.48 bits per heavy atom. The lowest BCUT2D eigenvalue weighted by Crippen LogP contribution is -2.55. The van der Waals surface area contributed by atoms with E-state index in [1.54, 1.807) is 0 Å². The Labute approximate surface area is 141 Å². The molecule has 0 aromatic rings. The average Bonchev–Trinajstić information content (AvgIpc) is 2.80. The van der Waals surface area contributed by atoms with Gasteiger partial charge in [-0.05, 0) is 0 Å². The molecule has 0 spiro atoms. The van der Waals surface area contributed by atoms with Gasteiger partial charge in [-0.25, -0.2) is 9.59 Å². The molecule has 1 aliphatic rings. The highest BCUT2D eigenvalue weighted by Gasteiger charge is 2.36. The quantitative estimate of drug-likeness (QED) is 0.410. The minimum absolute atomic E-state index is 0.456. The van der Waals surface area contributed by atoms with Crippen LogP contribution >= 0.6 is 0 Å². The molecule has 3 N–H and O–H groups in total. The Hall–Kier alpha value is -3.08. The number of amides is 4. The zero-order valence-electron chi connectivity index (χ0n) is 13.5. The molecule has 11 heteroatoms. The van der Waals surface area contributed by atoms with E-state index >= 15 is 0 Å². The maximum absolute atomic E-state index is 11.6. The van der Waals surface area contributed by atoms with E-state index in [4.69, 9.17) is 0 Å². The monoisotopic (exact) mass is 355 g/mol. The molecule has 0 fully saturated rings. The summed E-state index contributed by atoms with van der Waals surface area (Å²) in [4.78, 5) is 69.6. The van der Waals surface area contributed by atoms with Gasteiger partial charge in [0.05, 0.1) is 0 Å². The zero-order chi connectivity index (χ0) is 19.3. The van der Waals surface area contributed by atoms with Crippen LogP contribution < -0.4 is 5.32 Å². The van der Waals surface area contributed by atoms with Gasteiger partial charge in [-0.15, -0.1) is 0 Å². The van der Waals surface area contributed by atoms with Crippen LogP contribution in [0.25, 0.3) is 0 Å². The highest BCUT2D eigenvalue weighted by molar-refractivity contribution is 6.14. The van der Waals surface area contributed by atoms with Crippen molar-refractivity contribution in [1.29, 1.82) is 0 Å². The Bertz CT molecular complexity index is 604. The molecule has 0 aliphatic carbocycles. The fourth-order valence-corrected chi connectivity index (χ4v) is 2.31. The maximum Gasteiger partial charge on any atom is 0.328 e. The SMILES string of the molecule is CC(=O)N(C(C)=O)C(CNCC(C(=O)O)N1C(=O)C=CC1=O)C(=O)O. The second kappa shape index (κ2) is 8.15. The normalized spacial score (nSPS) is 15.8. The first-order valence-corrected chi connectivity index (χ1v) is 7.09. The van der Waals surface area contributed by atoms with Crippen molar-refractivity contribution in [2.75, 3.05) is 13.1 Å². The fraction of sp³-hybridized carbons (Fsp3) is 0.429. The summed E-state index contributed by atoms with van der Waals surface area (Å²) in [6.07, 6.45) is 1.84. The van der Waals surface area contributed by atoms with Crippen molar-refractivity contribution in [3.63, 3.8) is 0 Å². The van der Waals surface area contributed by atoms with Gasteiger partial charge in [0.25, 0.3) is 11.8 Å². The third-order valence-corrected chi connectivity index (χ3v) is 3.39. The molecule has 2 atom stereocenters. The Balaban J connectivity index is 2.82. The van der Waals surface area contributed by atoms with Gasteiger partial charge in [0.15, 0.2) is 0 Å². The largest absolute Gasteiger partial charge is 0.480 e. The zero-order valence-corrected chi connectivity index (χ0v) is 13.5. The van der Waals surface area contributed by atoms with E-state index in [9.17, 15) is 39.0 Å². The maximum atomic E-state index is 11.6. The van der Waals surface area contributed by atoms with Crippen LogP contribution in [-0.4, -0.2) is 80.8 Å². The predicted molar refractivity (Wildman–Crippen MR) is 79.9 cm³/mol. The Morgan fingerprint density at radius 1 is 1.00 bits per heavy atom. The molecule has 25 heavy (non-hydrogen) atoms. The number of nitrogens with zero attached hydrogens (tertiary/aromatic N) is 2. The van der Waals surface area contributed by atoms with Gasteiger partial charge in [0.2, 0.25) is 11.8 Å². The van der Waals surface area contributed by atoms with E-state index in [1.165, 1.54) is 0 Å². The van der Waals surface area contributed by atoms with E-state index in [-0.39, 0.29) is 0 Å². The number of aliphatic carboxylic acids is 2. The summed E-state index contributed by atoms with van der Waals surface area (Å²) in [7, 11) is 0. The molecule has 4 amide bonds. The number of carboxylic acid groups (broad SMARTS) is 2. The highest BCUT2D eigenvalue weighted by atomic mass is 16.4. The first kappa shape index (κ1) is 20.0. The Kier molecular flexibility index (Phi) is 6.51. The summed E-state index contributed by atoms with van der Waals surface area (Å²) in [6, 6.07) is -3.12. The molecule has 2 unspecified atom stereocenters. The van der Waals surface area contributed by atoms with E-state index < -0.39 is 60.7 Å². The van der Waals surface area contributed by atoms with Gasteiger partial charge in [0.1, 0.15) is 12.1 Å². The van der Waals surface area contributed by atoms with Gasteiger partial charge in [-0.3, -0.25) is 29.0 Å². The molecule has 11 nitrogen and oxygen atoms in total. The van der Waals surface area contributed by atoms with Gasteiger partial charge in [0, 0.05) is 39.1 Å². The molecule has 0 saturated carbocycles. The third kappa shape index (κ3) is 4.70. The number of hydrogen-bond acceptors (Lipinski definition) is 7. The van der Waals surface area contributed by atoms with Crippen molar-refractivity contribution < 1.29 is 39.0 Å². The molecular formula is C14H17N3O8. The van der Waals surface area contributed by atoms with Crippen LogP contribution in [0.2, 0.25) is 0 Å². The second-order valence-corrected chi connectivity index (χ2v) is 5.15. The van der Waals surface area contributed by atoms with Crippen molar-refractivity contribution in [3.05, 3.63) is 12.2 Å². The lowest BCUT2D eigenvalue weighted by Gasteiger charge is -2.27. The summed E-state index contributed by atoms with van der Waals surface area (Å²) in [5.74, 6) is -6.12. The first-order chi connectivity index (χ1) is 11.6. The van der Waals surface area contributed by atoms with Crippen LogP contribution in [0.15, 0.2) is 12.2 Å². The number of imide groups is 2. The number of carboxylic acids is 2. The molecule has 1 aliphatic heterocycles. The predicted octanol–water partition coefficient (Wildman–Crippen LogP) is -2.20. The average molecular weight is 355 g/mol. The van der Waals surface area contributed by atoms with Gasteiger partial charge in [-0.2, -0.15) is 0 Å². The minimum Gasteiger partial charge on any atom is -0.480 e. The minimum atomic E-state index is -1.56. The molecule has 0 radical (unpaired) electrons. The van der Waals surface area contributed by atoms with Gasteiger partial charge < -0.3 is 15.5 Å². The molecule has 1 heterocycles. The third-order valence-electron chi connectivity index (χ3n) is 3.39. The first-order valence-electron chi connectivity index (χ1n) is 7.09. The summed E-state index contributed by atoms with van der Waals surface area (Å²) in [5, 5.41) is 20.8. The van der Waals surface area contributed by atoms with Crippen molar-refractivity contribution in [3.8, 4) is 0 Å². The van der Waals surface area contributed by atoms with E-state index in [0.717, 1.165) is 26.0 Å². The number of carbonyl (C=O) groups excluding carboxylic acids is 4. The lowest BCUT2D eigenvalue weighted by molar-refractivity contribution is -0.156. The van der Waals surface area contributed by atoms with Crippen LogP contribution in [0.5, 0.6) is 0 Å². The second-order valence-electron chi connectivity index (χ2n) is 5.15. The molecule has 136 valence electrons.